The number of rotatable bonds is 3. The van der Waals surface area contributed by atoms with Crippen LogP contribution in [0, 0.1) is 0 Å². The summed E-state index contributed by atoms with van der Waals surface area (Å²) in [5.74, 6) is 0.0326. The fourth-order valence-corrected chi connectivity index (χ4v) is 2.08. The van der Waals surface area contributed by atoms with Crippen molar-refractivity contribution in [1.29, 1.82) is 0 Å². The summed E-state index contributed by atoms with van der Waals surface area (Å²) in [5, 5.41) is 2.88. The lowest BCUT2D eigenvalue weighted by Gasteiger charge is -2.10. The minimum atomic E-state index is -0.358. The summed E-state index contributed by atoms with van der Waals surface area (Å²) >= 11 is 9.20. The molecule has 0 bridgehead atoms. The van der Waals surface area contributed by atoms with Gasteiger partial charge in [-0.05, 0) is 34.1 Å². The number of anilines is 2. The molecule has 1 aromatic carbocycles. The van der Waals surface area contributed by atoms with Crippen molar-refractivity contribution in [3.63, 3.8) is 0 Å². The second kappa shape index (κ2) is 6.11. The highest BCUT2D eigenvalue weighted by Crippen LogP contribution is 2.26. The first-order valence-electron chi connectivity index (χ1n) is 5.57. The molecule has 0 fully saturated rings. The topological polar surface area (TPSA) is 77.2 Å². The molecule has 104 valence electrons. The zero-order chi connectivity index (χ0) is 14.7. The number of amides is 1. The number of ether oxygens (including phenoxy) is 1. The van der Waals surface area contributed by atoms with Crippen LogP contribution in [0.3, 0.4) is 0 Å². The SMILES string of the molecule is COc1cc(N)ccc1C(=O)Nc1cc(Br)cnc1Cl. The van der Waals surface area contributed by atoms with E-state index in [4.69, 9.17) is 22.1 Å². The number of carbonyl (C=O) groups excluding carboxylic acids is 1. The highest BCUT2D eigenvalue weighted by atomic mass is 79.9. The normalized spacial score (nSPS) is 10.2. The van der Waals surface area contributed by atoms with Crippen molar-refractivity contribution in [2.24, 2.45) is 0 Å². The molecule has 1 aromatic heterocycles. The largest absolute Gasteiger partial charge is 0.496 e. The summed E-state index contributed by atoms with van der Waals surface area (Å²) in [6.45, 7) is 0. The Hall–Kier alpha value is -1.79. The van der Waals surface area contributed by atoms with Gasteiger partial charge in [0.2, 0.25) is 0 Å². The van der Waals surface area contributed by atoms with Crippen molar-refractivity contribution >= 4 is 44.8 Å². The maximum absolute atomic E-state index is 12.2. The van der Waals surface area contributed by atoms with E-state index in [1.807, 2.05) is 0 Å². The minimum absolute atomic E-state index is 0.205. The second-order valence-electron chi connectivity index (χ2n) is 3.91. The molecule has 7 heteroatoms. The fourth-order valence-electron chi connectivity index (χ4n) is 1.60. The van der Waals surface area contributed by atoms with Crippen LogP contribution in [0.4, 0.5) is 11.4 Å². The molecule has 0 spiro atoms. The predicted octanol–water partition coefficient (Wildman–Crippen LogP) is 3.34. The third-order valence-electron chi connectivity index (χ3n) is 2.52. The van der Waals surface area contributed by atoms with Crippen molar-refractivity contribution in [2.75, 3.05) is 18.2 Å². The van der Waals surface area contributed by atoms with Gasteiger partial charge in [-0.1, -0.05) is 11.6 Å². The molecule has 2 rings (SSSR count). The lowest BCUT2D eigenvalue weighted by atomic mass is 10.1. The number of benzene rings is 1. The van der Waals surface area contributed by atoms with E-state index in [9.17, 15) is 4.79 Å². The summed E-state index contributed by atoms with van der Waals surface area (Å²) in [6.07, 6.45) is 1.54. The van der Waals surface area contributed by atoms with Crippen molar-refractivity contribution in [2.45, 2.75) is 0 Å². The van der Waals surface area contributed by atoms with E-state index >= 15 is 0 Å². The Balaban J connectivity index is 2.30. The van der Waals surface area contributed by atoms with Crippen LogP contribution in [-0.2, 0) is 0 Å². The van der Waals surface area contributed by atoms with Crippen LogP contribution in [0.25, 0.3) is 0 Å². The molecule has 20 heavy (non-hydrogen) atoms. The van der Waals surface area contributed by atoms with Gasteiger partial charge in [0.05, 0.1) is 18.4 Å². The minimum Gasteiger partial charge on any atom is -0.496 e. The Kier molecular flexibility index (Phi) is 4.46. The van der Waals surface area contributed by atoms with Gasteiger partial charge in [0.25, 0.3) is 5.91 Å². The number of nitrogens with one attached hydrogen (secondary N) is 1. The van der Waals surface area contributed by atoms with Crippen LogP contribution < -0.4 is 15.8 Å². The zero-order valence-electron chi connectivity index (χ0n) is 10.5. The predicted molar refractivity (Wildman–Crippen MR) is 82.3 cm³/mol. The lowest BCUT2D eigenvalue weighted by molar-refractivity contribution is 0.102. The second-order valence-corrected chi connectivity index (χ2v) is 5.18. The summed E-state index contributed by atoms with van der Waals surface area (Å²) in [7, 11) is 1.47. The van der Waals surface area contributed by atoms with Crippen LogP contribution in [0.1, 0.15) is 10.4 Å². The van der Waals surface area contributed by atoms with Crippen LogP contribution in [0.2, 0.25) is 5.15 Å². The summed E-state index contributed by atoms with van der Waals surface area (Å²) in [6, 6.07) is 6.45. The molecule has 1 heterocycles. The Morgan fingerprint density at radius 2 is 2.20 bits per heavy atom. The van der Waals surface area contributed by atoms with E-state index in [0.29, 0.717) is 27.2 Å². The van der Waals surface area contributed by atoms with Gasteiger partial charge >= 0.3 is 0 Å². The number of hydrogen-bond acceptors (Lipinski definition) is 4. The average Bonchev–Trinajstić information content (AvgIpc) is 2.42. The third kappa shape index (κ3) is 3.20. The molecule has 0 aliphatic heterocycles. The van der Waals surface area contributed by atoms with Gasteiger partial charge in [-0.25, -0.2) is 4.98 Å². The summed E-state index contributed by atoms with van der Waals surface area (Å²) < 4.78 is 5.85. The van der Waals surface area contributed by atoms with Gasteiger partial charge in [-0.15, -0.1) is 0 Å². The molecule has 0 radical (unpaired) electrons. The van der Waals surface area contributed by atoms with Gasteiger partial charge in [0, 0.05) is 22.4 Å². The van der Waals surface area contributed by atoms with Gasteiger partial charge in [-0.3, -0.25) is 4.79 Å². The van der Waals surface area contributed by atoms with E-state index in [1.54, 1.807) is 30.5 Å². The number of aromatic nitrogens is 1. The van der Waals surface area contributed by atoms with Crippen LogP contribution in [-0.4, -0.2) is 18.0 Å². The molecule has 0 aliphatic carbocycles. The number of pyridine rings is 1. The van der Waals surface area contributed by atoms with E-state index in [-0.39, 0.29) is 11.1 Å². The molecular formula is C13H11BrClN3O2. The average molecular weight is 357 g/mol. The van der Waals surface area contributed by atoms with Gasteiger partial charge in [-0.2, -0.15) is 0 Å². The third-order valence-corrected chi connectivity index (χ3v) is 3.26. The molecular weight excluding hydrogens is 346 g/mol. The standard InChI is InChI=1S/C13H11BrClN3O2/c1-20-11-5-8(16)2-3-9(11)13(19)18-10-4-7(14)6-17-12(10)15/h2-6H,16H2,1H3,(H,18,19). The van der Waals surface area contributed by atoms with Crippen molar-refractivity contribution in [3.8, 4) is 5.75 Å². The molecule has 0 unspecified atom stereocenters. The number of halogens is 2. The molecule has 0 saturated carbocycles. The van der Waals surface area contributed by atoms with E-state index in [0.717, 1.165) is 0 Å². The molecule has 0 saturated heterocycles. The fraction of sp³-hybridized carbons (Fsp3) is 0.0769. The molecule has 1 amide bonds. The van der Waals surface area contributed by atoms with Crippen LogP contribution in [0.5, 0.6) is 5.75 Å². The van der Waals surface area contributed by atoms with E-state index < -0.39 is 0 Å². The number of hydrogen-bond donors (Lipinski definition) is 2. The van der Waals surface area contributed by atoms with Crippen molar-refractivity contribution in [1.82, 2.24) is 4.98 Å². The quantitative estimate of drug-likeness (QED) is 0.653. The first-order valence-corrected chi connectivity index (χ1v) is 6.74. The number of methoxy groups -OCH3 is 1. The highest BCUT2D eigenvalue weighted by molar-refractivity contribution is 9.10. The number of nitrogens with zero attached hydrogens (tertiary/aromatic N) is 1. The van der Waals surface area contributed by atoms with E-state index in [1.165, 1.54) is 7.11 Å². The summed E-state index contributed by atoms with van der Waals surface area (Å²) in [4.78, 5) is 16.2. The molecule has 3 N–H and O–H groups in total. The Morgan fingerprint density at radius 1 is 1.45 bits per heavy atom. The lowest BCUT2D eigenvalue weighted by Crippen LogP contribution is -2.14. The van der Waals surface area contributed by atoms with Crippen molar-refractivity contribution < 1.29 is 9.53 Å². The van der Waals surface area contributed by atoms with Crippen LogP contribution in [0.15, 0.2) is 34.9 Å². The first-order chi connectivity index (χ1) is 9.51. The maximum atomic E-state index is 12.2. The Morgan fingerprint density at radius 3 is 2.90 bits per heavy atom. The molecule has 5 nitrogen and oxygen atoms in total. The van der Waals surface area contributed by atoms with Gasteiger partial charge in [0.1, 0.15) is 5.75 Å². The van der Waals surface area contributed by atoms with Crippen molar-refractivity contribution in [3.05, 3.63) is 45.7 Å². The molecule has 0 aliphatic rings. The van der Waals surface area contributed by atoms with Crippen LogP contribution >= 0.6 is 27.5 Å². The maximum Gasteiger partial charge on any atom is 0.259 e. The van der Waals surface area contributed by atoms with E-state index in [2.05, 4.69) is 26.2 Å². The molecule has 0 atom stereocenters. The zero-order valence-corrected chi connectivity index (χ0v) is 12.8. The monoisotopic (exact) mass is 355 g/mol. The number of nitrogen functional groups attached to an aromatic ring is 1. The van der Waals surface area contributed by atoms with Gasteiger partial charge < -0.3 is 15.8 Å². The highest BCUT2D eigenvalue weighted by Gasteiger charge is 2.14. The summed E-state index contributed by atoms with van der Waals surface area (Å²) in [5.41, 5.74) is 6.93. The number of nitrogens with two attached hydrogens (primary N) is 1. The number of carbonyl (C=O) groups is 1. The smallest absolute Gasteiger partial charge is 0.259 e. The Bertz CT molecular complexity index is 664. The molecule has 2 aromatic rings. The van der Waals surface area contributed by atoms with Gasteiger partial charge in [0.15, 0.2) is 5.15 Å². The Labute approximate surface area is 129 Å². The first kappa shape index (κ1) is 14.6.